The van der Waals surface area contributed by atoms with E-state index in [2.05, 4.69) is 14.8 Å². The minimum absolute atomic E-state index is 0.0384. The molecular formula is C9H15NO6. The molecule has 0 fully saturated rings. The van der Waals surface area contributed by atoms with Crippen LogP contribution >= 0.6 is 0 Å². The van der Waals surface area contributed by atoms with Crippen LogP contribution in [0.2, 0.25) is 0 Å². The van der Waals surface area contributed by atoms with E-state index in [1.165, 1.54) is 0 Å². The third-order valence-electron chi connectivity index (χ3n) is 1.72. The summed E-state index contributed by atoms with van der Waals surface area (Å²) in [5.41, 5.74) is 0. The summed E-state index contributed by atoms with van der Waals surface area (Å²) in [6.07, 6.45) is -0.964. The topological polar surface area (TPSA) is 102 Å². The Morgan fingerprint density at radius 2 is 2.00 bits per heavy atom. The van der Waals surface area contributed by atoms with Crippen molar-refractivity contribution >= 4 is 18.0 Å². The van der Waals surface area contributed by atoms with E-state index < -0.39 is 24.1 Å². The Morgan fingerprint density at radius 3 is 2.44 bits per heavy atom. The minimum atomic E-state index is -1.23. The maximum atomic E-state index is 11.0. The van der Waals surface area contributed by atoms with Crippen molar-refractivity contribution in [3.63, 3.8) is 0 Å². The van der Waals surface area contributed by atoms with Crippen LogP contribution in [0.5, 0.6) is 0 Å². The average Bonchev–Trinajstić information content (AvgIpc) is 2.23. The van der Waals surface area contributed by atoms with E-state index in [0.717, 1.165) is 7.11 Å². The van der Waals surface area contributed by atoms with Gasteiger partial charge in [-0.2, -0.15) is 0 Å². The molecule has 0 rings (SSSR count). The van der Waals surface area contributed by atoms with Crippen LogP contribution in [0.3, 0.4) is 0 Å². The summed E-state index contributed by atoms with van der Waals surface area (Å²) in [7, 11) is 1.12. The third kappa shape index (κ3) is 5.84. The number of esters is 1. The number of ether oxygens (including phenoxy) is 2. The average molecular weight is 233 g/mol. The largest absolute Gasteiger partial charge is 0.480 e. The van der Waals surface area contributed by atoms with E-state index >= 15 is 0 Å². The Bertz CT molecular complexity index is 265. The lowest BCUT2D eigenvalue weighted by atomic mass is 10.1. The first kappa shape index (κ1) is 14.2. The van der Waals surface area contributed by atoms with Crippen LogP contribution in [0.1, 0.15) is 19.8 Å². The molecule has 0 aliphatic rings. The summed E-state index contributed by atoms with van der Waals surface area (Å²) < 4.78 is 8.88. The molecule has 0 aromatic rings. The zero-order valence-electron chi connectivity index (χ0n) is 9.19. The van der Waals surface area contributed by atoms with Crippen LogP contribution in [-0.4, -0.2) is 42.9 Å². The number of amides is 1. The molecule has 0 spiro atoms. The highest BCUT2D eigenvalue weighted by Gasteiger charge is 2.21. The van der Waals surface area contributed by atoms with Gasteiger partial charge in [-0.3, -0.25) is 4.79 Å². The molecule has 0 saturated heterocycles. The second-order valence-corrected chi connectivity index (χ2v) is 2.87. The number of nitrogens with one attached hydrogen (secondary N) is 1. The molecule has 7 nitrogen and oxygen atoms in total. The first-order valence-electron chi connectivity index (χ1n) is 4.74. The zero-order valence-corrected chi connectivity index (χ0v) is 9.19. The number of carboxylic acids is 1. The van der Waals surface area contributed by atoms with Gasteiger partial charge in [0.1, 0.15) is 6.04 Å². The predicted molar refractivity (Wildman–Crippen MR) is 52.8 cm³/mol. The molecule has 0 saturated carbocycles. The normalized spacial score (nSPS) is 11.4. The molecule has 1 atom stereocenters. The van der Waals surface area contributed by atoms with Crippen molar-refractivity contribution in [2.45, 2.75) is 25.8 Å². The number of aliphatic carboxylic acids is 1. The first-order valence-corrected chi connectivity index (χ1v) is 4.74. The Kier molecular flexibility index (Phi) is 6.66. The number of carbonyl (C=O) groups is 3. The number of carboxylic acid groups (broad SMARTS) is 1. The molecule has 0 aromatic carbocycles. The van der Waals surface area contributed by atoms with E-state index in [9.17, 15) is 14.4 Å². The lowest BCUT2D eigenvalue weighted by Crippen LogP contribution is -2.41. The first-order chi connectivity index (χ1) is 7.51. The SMILES string of the molecule is CCOC(=O)CCC(NC(=O)OC)C(=O)O. The molecular weight excluding hydrogens is 218 g/mol. The second-order valence-electron chi connectivity index (χ2n) is 2.87. The Hall–Kier alpha value is -1.79. The van der Waals surface area contributed by atoms with Crippen LogP contribution < -0.4 is 5.32 Å². The van der Waals surface area contributed by atoms with Gasteiger partial charge in [0.15, 0.2) is 0 Å². The van der Waals surface area contributed by atoms with Crippen molar-refractivity contribution in [3.05, 3.63) is 0 Å². The van der Waals surface area contributed by atoms with Gasteiger partial charge in [-0.25, -0.2) is 9.59 Å². The predicted octanol–water partition coefficient (Wildman–Crippen LogP) is 0.139. The van der Waals surface area contributed by atoms with Gasteiger partial charge in [-0.15, -0.1) is 0 Å². The molecule has 2 N–H and O–H groups in total. The summed E-state index contributed by atoms with van der Waals surface area (Å²) in [6, 6.07) is -1.16. The summed E-state index contributed by atoms with van der Waals surface area (Å²) in [4.78, 5) is 32.4. The number of hydrogen-bond donors (Lipinski definition) is 2. The number of hydrogen-bond acceptors (Lipinski definition) is 5. The molecule has 0 radical (unpaired) electrons. The van der Waals surface area contributed by atoms with Crippen LogP contribution in [0.25, 0.3) is 0 Å². The van der Waals surface area contributed by atoms with E-state index in [1.54, 1.807) is 6.92 Å². The fourth-order valence-corrected chi connectivity index (χ4v) is 0.954. The van der Waals surface area contributed by atoms with Crippen molar-refractivity contribution in [1.29, 1.82) is 0 Å². The number of alkyl carbamates (subject to hydrolysis) is 1. The number of methoxy groups -OCH3 is 1. The second kappa shape index (κ2) is 7.49. The van der Waals surface area contributed by atoms with Crippen molar-refractivity contribution < 1.29 is 29.0 Å². The zero-order chi connectivity index (χ0) is 12.6. The maximum Gasteiger partial charge on any atom is 0.407 e. The molecule has 0 aliphatic heterocycles. The van der Waals surface area contributed by atoms with Gasteiger partial charge in [0, 0.05) is 6.42 Å². The summed E-state index contributed by atoms with van der Waals surface area (Å²) in [5, 5.41) is 10.8. The fraction of sp³-hybridized carbons (Fsp3) is 0.667. The molecule has 0 bridgehead atoms. The van der Waals surface area contributed by atoms with Gasteiger partial charge in [-0.1, -0.05) is 0 Å². The van der Waals surface area contributed by atoms with Crippen molar-refractivity contribution in [1.82, 2.24) is 5.32 Å². The van der Waals surface area contributed by atoms with Gasteiger partial charge >= 0.3 is 18.0 Å². The highest BCUT2D eigenvalue weighted by Crippen LogP contribution is 2.00. The van der Waals surface area contributed by atoms with Gasteiger partial charge in [-0.05, 0) is 13.3 Å². The molecule has 1 amide bonds. The van der Waals surface area contributed by atoms with Gasteiger partial charge in [0.05, 0.1) is 13.7 Å². The maximum absolute atomic E-state index is 11.0. The summed E-state index contributed by atoms with van der Waals surface area (Å²) >= 11 is 0. The minimum Gasteiger partial charge on any atom is -0.480 e. The monoisotopic (exact) mass is 233 g/mol. The molecule has 7 heteroatoms. The summed E-state index contributed by atoms with van der Waals surface area (Å²) in [6.45, 7) is 1.89. The van der Waals surface area contributed by atoms with E-state index in [0.29, 0.717) is 0 Å². The van der Waals surface area contributed by atoms with Gasteiger partial charge in [0.25, 0.3) is 0 Å². The van der Waals surface area contributed by atoms with Gasteiger partial charge < -0.3 is 19.9 Å². The van der Waals surface area contributed by atoms with Crippen LogP contribution in [0.15, 0.2) is 0 Å². The molecule has 92 valence electrons. The smallest absolute Gasteiger partial charge is 0.407 e. The highest BCUT2D eigenvalue weighted by molar-refractivity contribution is 5.80. The van der Waals surface area contributed by atoms with Gasteiger partial charge in [0.2, 0.25) is 0 Å². The van der Waals surface area contributed by atoms with Crippen LogP contribution in [-0.2, 0) is 19.1 Å². The van der Waals surface area contributed by atoms with Crippen molar-refractivity contribution in [2.75, 3.05) is 13.7 Å². The number of carbonyl (C=O) groups excluding carboxylic acids is 2. The standard InChI is InChI=1S/C9H15NO6/c1-3-16-7(11)5-4-6(8(12)13)10-9(14)15-2/h6H,3-5H2,1-2H3,(H,10,14)(H,12,13). The quantitative estimate of drug-likeness (QED) is 0.632. The number of rotatable bonds is 6. The van der Waals surface area contributed by atoms with Crippen LogP contribution in [0, 0.1) is 0 Å². The van der Waals surface area contributed by atoms with Crippen molar-refractivity contribution in [2.24, 2.45) is 0 Å². The van der Waals surface area contributed by atoms with E-state index in [-0.39, 0.29) is 19.4 Å². The van der Waals surface area contributed by atoms with E-state index in [1.807, 2.05) is 0 Å². The lowest BCUT2D eigenvalue weighted by molar-refractivity contribution is -0.144. The third-order valence-corrected chi connectivity index (χ3v) is 1.72. The molecule has 1 unspecified atom stereocenters. The molecule has 0 aliphatic carbocycles. The summed E-state index contributed by atoms with van der Waals surface area (Å²) in [5.74, 6) is -1.73. The fourth-order valence-electron chi connectivity index (χ4n) is 0.954. The molecule has 0 aromatic heterocycles. The molecule has 16 heavy (non-hydrogen) atoms. The lowest BCUT2D eigenvalue weighted by Gasteiger charge is -2.12. The van der Waals surface area contributed by atoms with Crippen LogP contribution in [0.4, 0.5) is 4.79 Å². The Morgan fingerprint density at radius 1 is 1.38 bits per heavy atom. The Balaban J connectivity index is 4.09. The molecule has 0 heterocycles. The van der Waals surface area contributed by atoms with E-state index in [4.69, 9.17) is 5.11 Å². The highest BCUT2D eigenvalue weighted by atomic mass is 16.5. The Labute approximate surface area is 92.7 Å². The van der Waals surface area contributed by atoms with Crippen molar-refractivity contribution in [3.8, 4) is 0 Å².